The summed E-state index contributed by atoms with van der Waals surface area (Å²) in [5, 5.41) is 5.55. The van der Waals surface area contributed by atoms with Gasteiger partial charge in [-0.05, 0) is 54.2 Å². The van der Waals surface area contributed by atoms with Crippen molar-refractivity contribution < 1.29 is 13.2 Å². The Hall–Kier alpha value is -2.34. The van der Waals surface area contributed by atoms with Crippen molar-refractivity contribution in [2.45, 2.75) is 25.0 Å². The highest BCUT2D eigenvalue weighted by molar-refractivity contribution is 7.89. The van der Waals surface area contributed by atoms with Gasteiger partial charge in [0.2, 0.25) is 0 Å². The van der Waals surface area contributed by atoms with E-state index < -0.39 is 9.84 Å². The van der Waals surface area contributed by atoms with Gasteiger partial charge in [0.1, 0.15) is 0 Å². The van der Waals surface area contributed by atoms with Crippen LogP contribution < -0.4 is 10.6 Å². The molecule has 0 heterocycles. The fourth-order valence-corrected chi connectivity index (χ4v) is 3.80. The first-order valence-electron chi connectivity index (χ1n) is 7.86. The van der Waals surface area contributed by atoms with Crippen LogP contribution in [0.1, 0.15) is 23.1 Å². The van der Waals surface area contributed by atoms with Gasteiger partial charge in [0.25, 0.3) is 0 Å². The lowest BCUT2D eigenvalue weighted by Gasteiger charge is -2.12. The molecule has 0 spiro atoms. The summed E-state index contributed by atoms with van der Waals surface area (Å²) in [6, 6.07) is 12.5. The van der Waals surface area contributed by atoms with Crippen molar-refractivity contribution in [2.24, 2.45) is 0 Å². The van der Waals surface area contributed by atoms with Crippen LogP contribution in [0, 0.1) is 0 Å². The molecular weight excluding hydrogens is 324 g/mol. The van der Waals surface area contributed by atoms with E-state index in [0.717, 1.165) is 24.9 Å². The molecule has 0 unspecified atom stereocenters. The second-order valence-corrected chi connectivity index (χ2v) is 8.28. The normalized spacial score (nSPS) is 13.4. The first-order chi connectivity index (χ1) is 11.4. The molecule has 0 saturated heterocycles. The van der Waals surface area contributed by atoms with Crippen LogP contribution in [0.2, 0.25) is 0 Å². The number of hydrogen-bond acceptors (Lipinski definition) is 3. The molecule has 0 fully saturated rings. The van der Waals surface area contributed by atoms with E-state index in [1.54, 1.807) is 24.3 Å². The van der Waals surface area contributed by atoms with Crippen molar-refractivity contribution in [1.29, 1.82) is 0 Å². The van der Waals surface area contributed by atoms with E-state index in [2.05, 4.69) is 16.7 Å². The van der Waals surface area contributed by atoms with Gasteiger partial charge in [-0.25, -0.2) is 13.2 Å². The predicted molar refractivity (Wildman–Crippen MR) is 96.1 cm³/mol. The molecule has 0 bridgehead atoms. The number of aryl methyl sites for hydroxylation is 2. The SMILES string of the molecule is CS(=O)(=O)Cc1ccccc1NC(=O)Nc1ccc2c(c1)CCC2. The molecule has 6 heteroatoms. The molecule has 2 aromatic carbocycles. The lowest BCUT2D eigenvalue weighted by molar-refractivity contribution is 0.262. The molecule has 0 aromatic heterocycles. The zero-order valence-corrected chi connectivity index (χ0v) is 14.3. The van der Waals surface area contributed by atoms with Gasteiger partial charge in [0, 0.05) is 17.6 Å². The number of carbonyl (C=O) groups is 1. The standard InChI is InChI=1S/C18H20N2O3S/c1-24(22,23)12-15-5-2-3-8-17(15)20-18(21)19-16-10-9-13-6-4-7-14(13)11-16/h2-3,5,8-11H,4,6-7,12H2,1H3,(H2,19,20,21). The Morgan fingerprint density at radius 1 is 1.04 bits per heavy atom. The molecule has 24 heavy (non-hydrogen) atoms. The summed E-state index contributed by atoms with van der Waals surface area (Å²) in [5.41, 5.74) is 4.45. The molecule has 2 amide bonds. The van der Waals surface area contributed by atoms with E-state index in [0.29, 0.717) is 11.3 Å². The number of sulfone groups is 1. The van der Waals surface area contributed by atoms with Gasteiger partial charge in [-0.1, -0.05) is 24.3 Å². The maximum Gasteiger partial charge on any atom is 0.323 e. The number of anilines is 2. The third-order valence-corrected chi connectivity index (χ3v) is 4.88. The van der Waals surface area contributed by atoms with Crippen LogP contribution in [0.3, 0.4) is 0 Å². The summed E-state index contributed by atoms with van der Waals surface area (Å²) in [6.45, 7) is 0. The molecule has 2 aromatic rings. The second kappa shape index (κ2) is 6.65. The second-order valence-electron chi connectivity index (χ2n) is 6.14. The molecule has 126 valence electrons. The van der Waals surface area contributed by atoms with Crippen LogP contribution in [0.25, 0.3) is 0 Å². The Balaban J connectivity index is 1.71. The first-order valence-corrected chi connectivity index (χ1v) is 9.92. The van der Waals surface area contributed by atoms with Crippen molar-refractivity contribution >= 4 is 27.2 Å². The Morgan fingerprint density at radius 3 is 2.58 bits per heavy atom. The Kier molecular flexibility index (Phi) is 4.57. The summed E-state index contributed by atoms with van der Waals surface area (Å²) in [7, 11) is -3.17. The fourth-order valence-electron chi connectivity index (χ4n) is 2.98. The molecular formula is C18H20N2O3S. The molecule has 2 N–H and O–H groups in total. The van der Waals surface area contributed by atoms with E-state index in [1.165, 1.54) is 17.4 Å². The van der Waals surface area contributed by atoms with Crippen molar-refractivity contribution in [3.8, 4) is 0 Å². The van der Waals surface area contributed by atoms with Gasteiger partial charge in [0.05, 0.1) is 5.75 Å². The summed E-state index contributed by atoms with van der Waals surface area (Å²) in [5.74, 6) is -0.109. The largest absolute Gasteiger partial charge is 0.323 e. The van der Waals surface area contributed by atoms with Gasteiger partial charge in [-0.2, -0.15) is 0 Å². The predicted octanol–water partition coefficient (Wildman–Crippen LogP) is 3.36. The highest BCUT2D eigenvalue weighted by atomic mass is 32.2. The van der Waals surface area contributed by atoms with Crippen molar-refractivity contribution in [2.75, 3.05) is 16.9 Å². The molecule has 0 atom stereocenters. The zero-order chi connectivity index (χ0) is 17.2. The van der Waals surface area contributed by atoms with E-state index >= 15 is 0 Å². The van der Waals surface area contributed by atoms with Gasteiger partial charge >= 0.3 is 6.03 Å². The number of para-hydroxylation sites is 1. The monoisotopic (exact) mass is 344 g/mol. The highest BCUT2D eigenvalue weighted by Crippen LogP contribution is 2.25. The number of carbonyl (C=O) groups excluding carboxylic acids is 1. The van der Waals surface area contributed by atoms with E-state index in [1.807, 2.05) is 12.1 Å². The summed E-state index contributed by atoms with van der Waals surface area (Å²) < 4.78 is 23.0. The third kappa shape index (κ3) is 4.14. The van der Waals surface area contributed by atoms with Gasteiger partial charge in [-0.15, -0.1) is 0 Å². The molecule has 5 nitrogen and oxygen atoms in total. The van der Waals surface area contributed by atoms with Crippen molar-refractivity contribution in [3.05, 3.63) is 59.2 Å². The molecule has 0 aliphatic heterocycles. The number of amides is 2. The minimum absolute atomic E-state index is 0.109. The maximum absolute atomic E-state index is 12.2. The van der Waals surface area contributed by atoms with E-state index in [9.17, 15) is 13.2 Å². The van der Waals surface area contributed by atoms with Crippen LogP contribution in [0.15, 0.2) is 42.5 Å². The van der Waals surface area contributed by atoms with Crippen LogP contribution in [-0.4, -0.2) is 20.7 Å². The minimum atomic E-state index is -3.17. The molecule has 3 rings (SSSR count). The average molecular weight is 344 g/mol. The lowest BCUT2D eigenvalue weighted by atomic mass is 10.1. The van der Waals surface area contributed by atoms with Crippen LogP contribution in [0.5, 0.6) is 0 Å². The summed E-state index contributed by atoms with van der Waals surface area (Å²) in [4.78, 5) is 12.2. The average Bonchev–Trinajstić information content (AvgIpc) is 2.95. The summed E-state index contributed by atoms with van der Waals surface area (Å²) >= 11 is 0. The van der Waals surface area contributed by atoms with Gasteiger partial charge in [0.15, 0.2) is 9.84 Å². The molecule has 0 saturated carbocycles. The highest BCUT2D eigenvalue weighted by Gasteiger charge is 2.13. The van der Waals surface area contributed by atoms with E-state index in [4.69, 9.17) is 0 Å². The topological polar surface area (TPSA) is 75.3 Å². The number of nitrogens with one attached hydrogen (secondary N) is 2. The smallest absolute Gasteiger partial charge is 0.308 e. The Labute approximate surface area is 142 Å². The van der Waals surface area contributed by atoms with Crippen LogP contribution in [-0.2, 0) is 28.4 Å². The number of hydrogen-bond donors (Lipinski definition) is 2. The minimum Gasteiger partial charge on any atom is -0.308 e. The lowest BCUT2D eigenvalue weighted by Crippen LogP contribution is -2.20. The zero-order valence-electron chi connectivity index (χ0n) is 13.5. The quantitative estimate of drug-likeness (QED) is 0.893. The van der Waals surface area contributed by atoms with Crippen LogP contribution in [0.4, 0.5) is 16.2 Å². The van der Waals surface area contributed by atoms with E-state index in [-0.39, 0.29) is 11.8 Å². The van der Waals surface area contributed by atoms with Gasteiger partial charge < -0.3 is 10.6 Å². The summed E-state index contributed by atoms with van der Waals surface area (Å²) in [6.07, 6.45) is 4.47. The molecule has 1 aliphatic rings. The number of fused-ring (bicyclic) bond motifs is 1. The number of rotatable bonds is 4. The van der Waals surface area contributed by atoms with Crippen LogP contribution >= 0.6 is 0 Å². The first kappa shape index (κ1) is 16.5. The number of benzene rings is 2. The maximum atomic E-state index is 12.2. The van der Waals surface area contributed by atoms with Crippen molar-refractivity contribution in [3.63, 3.8) is 0 Å². The fraction of sp³-hybridized carbons (Fsp3) is 0.278. The van der Waals surface area contributed by atoms with Crippen molar-refractivity contribution in [1.82, 2.24) is 0 Å². The van der Waals surface area contributed by atoms with Gasteiger partial charge in [-0.3, -0.25) is 0 Å². The number of urea groups is 1. The molecule has 1 aliphatic carbocycles. The Bertz CT molecular complexity index is 876. The Morgan fingerprint density at radius 2 is 1.79 bits per heavy atom. The third-order valence-electron chi connectivity index (χ3n) is 4.04. The molecule has 0 radical (unpaired) electrons.